The second kappa shape index (κ2) is 6.39. The molecule has 0 aromatic carbocycles. The number of fused-ring (bicyclic) bond motifs is 1. The summed E-state index contributed by atoms with van der Waals surface area (Å²) >= 11 is 0. The molecular weight excluding hydrogens is 266 g/mol. The van der Waals surface area contributed by atoms with E-state index < -0.39 is 0 Å². The molecule has 0 bridgehead atoms. The van der Waals surface area contributed by atoms with Gasteiger partial charge in [0.05, 0.1) is 0 Å². The molecule has 0 aliphatic carbocycles. The molecule has 0 saturated carbocycles. The minimum Gasteiger partial charge on any atom is -0.369 e. The summed E-state index contributed by atoms with van der Waals surface area (Å²) in [6, 6.07) is 4.30. The van der Waals surface area contributed by atoms with Crippen molar-refractivity contribution in [2.45, 2.75) is 44.7 Å². The van der Waals surface area contributed by atoms with E-state index >= 15 is 0 Å². The summed E-state index contributed by atoms with van der Waals surface area (Å²) in [5.74, 6) is 0.594. The summed E-state index contributed by atoms with van der Waals surface area (Å²) in [7, 11) is 0. The number of nitrogens with one attached hydrogen (secondary N) is 2. The first-order chi connectivity index (χ1) is 10.3. The molecule has 1 amide bonds. The van der Waals surface area contributed by atoms with Gasteiger partial charge in [-0.15, -0.1) is 10.2 Å². The van der Waals surface area contributed by atoms with E-state index in [-0.39, 0.29) is 11.9 Å². The van der Waals surface area contributed by atoms with Crippen LogP contribution in [0.2, 0.25) is 0 Å². The molecule has 3 heterocycles. The Labute approximate surface area is 125 Å². The molecule has 1 aromatic heterocycles. The number of carbonyl (C=O) groups excluding carboxylic acids is 1. The van der Waals surface area contributed by atoms with Crippen LogP contribution in [0.5, 0.6) is 0 Å². The third kappa shape index (κ3) is 3.15. The van der Waals surface area contributed by atoms with E-state index in [4.69, 9.17) is 0 Å². The van der Waals surface area contributed by atoms with E-state index in [1.807, 2.05) is 6.92 Å². The van der Waals surface area contributed by atoms with Gasteiger partial charge in [-0.25, -0.2) is 0 Å². The number of aromatic nitrogens is 2. The Kier molecular flexibility index (Phi) is 4.34. The predicted molar refractivity (Wildman–Crippen MR) is 81.3 cm³/mol. The van der Waals surface area contributed by atoms with Crippen LogP contribution < -0.4 is 10.6 Å². The van der Waals surface area contributed by atoms with Gasteiger partial charge in [0, 0.05) is 25.2 Å². The fraction of sp³-hybridized carbons (Fsp3) is 0.667. The summed E-state index contributed by atoms with van der Waals surface area (Å²) in [4.78, 5) is 14.8. The van der Waals surface area contributed by atoms with Gasteiger partial charge < -0.3 is 10.6 Å². The molecule has 6 heteroatoms. The topological polar surface area (TPSA) is 70.2 Å². The third-order valence-electron chi connectivity index (χ3n) is 4.43. The number of amides is 1. The van der Waals surface area contributed by atoms with E-state index in [9.17, 15) is 4.79 Å². The lowest BCUT2D eigenvalue weighted by Crippen LogP contribution is -2.47. The van der Waals surface area contributed by atoms with Gasteiger partial charge in [0.25, 0.3) is 5.91 Å². The molecule has 2 N–H and O–H groups in total. The van der Waals surface area contributed by atoms with Crippen molar-refractivity contribution in [2.75, 3.05) is 25.0 Å². The van der Waals surface area contributed by atoms with E-state index in [1.165, 1.54) is 25.8 Å². The maximum Gasteiger partial charge on any atom is 0.272 e. The highest BCUT2D eigenvalue weighted by Crippen LogP contribution is 2.27. The standard InChI is InChI=1S/C15H23N5O/c1-2-16-14-7-6-12(18-19-14)15(21)17-11-8-10-20-9-4-3-5-13(11)20/h6-7,11,13H,2-5,8-10H2,1H3,(H,16,19)(H,17,21). The average molecular weight is 289 g/mol. The summed E-state index contributed by atoms with van der Waals surface area (Å²) in [6.45, 7) is 5.06. The second-order valence-corrected chi connectivity index (χ2v) is 5.80. The molecular formula is C15H23N5O. The molecule has 2 fully saturated rings. The van der Waals surface area contributed by atoms with Crippen molar-refractivity contribution in [3.8, 4) is 0 Å². The van der Waals surface area contributed by atoms with Crippen molar-refractivity contribution in [2.24, 2.45) is 0 Å². The van der Waals surface area contributed by atoms with Crippen LogP contribution in [0, 0.1) is 0 Å². The van der Waals surface area contributed by atoms with Crippen molar-refractivity contribution >= 4 is 11.7 Å². The minimum absolute atomic E-state index is 0.108. The monoisotopic (exact) mass is 289 g/mol. The lowest BCUT2D eigenvalue weighted by molar-refractivity contribution is 0.0909. The molecule has 0 radical (unpaired) electrons. The Morgan fingerprint density at radius 1 is 1.29 bits per heavy atom. The Hall–Kier alpha value is -1.69. The molecule has 2 aliphatic heterocycles. The SMILES string of the molecule is CCNc1ccc(C(=O)NC2CCN3CCCCC23)nn1. The van der Waals surface area contributed by atoms with Gasteiger partial charge in [0.2, 0.25) is 0 Å². The largest absolute Gasteiger partial charge is 0.369 e. The molecule has 1 aromatic rings. The first kappa shape index (κ1) is 14.3. The quantitative estimate of drug-likeness (QED) is 0.873. The Morgan fingerprint density at radius 2 is 2.19 bits per heavy atom. The van der Waals surface area contributed by atoms with Gasteiger partial charge >= 0.3 is 0 Å². The molecule has 21 heavy (non-hydrogen) atoms. The number of anilines is 1. The number of hydrogen-bond acceptors (Lipinski definition) is 5. The van der Waals surface area contributed by atoms with Gasteiger partial charge in [-0.1, -0.05) is 6.42 Å². The number of hydrogen-bond donors (Lipinski definition) is 2. The van der Waals surface area contributed by atoms with Gasteiger partial charge in [-0.05, 0) is 44.9 Å². The summed E-state index contributed by atoms with van der Waals surface area (Å²) in [6.07, 6.45) is 4.79. The molecule has 2 atom stereocenters. The van der Waals surface area contributed by atoms with Crippen LogP contribution in [0.1, 0.15) is 43.1 Å². The zero-order chi connectivity index (χ0) is 14.7. The Bertz CT molecular complexity index is 489. The summed E-state index contributed by atoms with van der Waals surface area (Å²) in [5, 5.41) is 14.2. The molecule has 2 saturated heterocycles. The lowest BCUT2D eigenvalue weighted by atomic mass is 9.99. The first-order valence-corrected chi connectivity index (χ1v) is 7.90. The van der Waals surface area contributed by atoms with Crippen molar-refractivity contribution in [3.05, 3.63) is 17.8 Å². The molecule has 114 valence electrons. The van der Waals surface area contributed by atoms with Crippen molar-refractivity contribution < 1.29 is 4.79 Å². The highest BCUT2D eigenvalue weighted by Gasteiger charge is 2.36. The number of nitrogens with zero attached hydrogens (tertiary/aromatic N) is 3. The van der Waals surface area contributed by atoms with Crippen molar-refractivity contribution in [1.82, 2.24) is 20.4 Å². The normalized spacial score (nSPS) is 25.4. The van der Waals surface area contributed by atoms with Gasteiger partial charge in [-0.3, -0.25) is 9.69 Å². The maximum absolute atomic E-state index is 12.3. The summed E-state index contributed by atoms with van der Waals surface area (Å²) < 4.78 is 0. The van der Waals surface area contributed by atoms with Crippen molar-refractivity contribution in [1.29, 1.82) is 0 Å². The highest BCUT2D eigenvalue weighted by molar-refractivity contribution is 5.92. The predicted octanol–water partition coefficient (Wildman–Crippen LogP) is 1.26. The Morgan fingerprint density at radius 3 is 2.95 bits per heavy atom. The number of carbonyl (C=O) groups is 1. The van der Waals surface area contributed by atoms with Crippen LogP contribution in [0.25, 0.3) is 0 Å². The molecule has 3 rings (SSSR count). The van der Waals surface area contributed by atoms with Crippen LogP contribution in [0.4, 0.5) is 5.82 Å². The molecule has 0 spiro atoms. The first-order valence-electron chi connectivity index (χ1n) is 7.90. The second-order valence-electron chi connectivity index (χ2n) is 5.80. The van der Waals surface area contributed by atoms with E-state index in [0.717, 1.165) is 19.5 Å². The van der Waals surface area contributed by atoms with E-state index in [2.05, 4.69) is 25.7 Å². The Balaban J connectivity index is 1.60. The third-order valence-corrected chi connectivity index (χ3v) is 4.43. The zero-order valence-corrected chi connectivity index (χ0v) is 12.5. The van der Waals surface area contributed by atoms with Crippen LogP contribution in [0.3, 0.4) is 0 Å². The highest BCUT2D eigenvalue weighted by atomic mass is 16.2. The van der Waals surface area contributed by atoms with Gasteiger partial charge in [0.15, 0.2) is 5.69 Å². The molecule has 6 nitrogen and oxygen atoms in total. The van der Waals surface area contributed by atoms with E-state index in [1.54, 1.807) is 12.1 Å². The van der Waals surface area contributed by atoms with Crippen LogP contribution in [-0.4, -0.2) is 52.7 Å². The molecule has 2 aliphatic rings. The molecule has 2 unspecified atom stereocenters. The van der Waals surface area contributed by atoms with Crippen molar-refractivity contribution in [3.63, 3.8) is 0 Å². The lowest BCUT2D eigenvalue weighted by Gasteiger charge is -2.32. The van der Waals surface area contributed by atoms with E-state index in [0.29, 0.717) is 17.6 Å². The van der Waals surface area contributed by atoms with Crippen LogP contribution in [0.15, 0.2) is 12.1 Å². The van der Waals surface area contributed by atoms with Crippen LogP contribution in [-0.2, 0) is 0 Å². The minimum atomic E-state index is -0.108. The number of rotatable bonds is 4. The fourth-order valence-electron chi connectivity index (χ4n) is 3.39. The number of piperidine rings is 1. The van der Waals surface area contributed by atoms with Gasteiger partial charge in [0.1, 0.15) is 5.82 Å². The smallest absolute Gasteiger partial charge is 0.272 e. The average Bonchev–Trinajstić information content (AvgIpc) is 2.92. The van der Waals surface area contributed by atoms with Crippen LogP contribution >= 0.6 is 0 Å². The summed E-state index contributed by atoms with van der Waals surface area (Å²) in [5.41, 5.74) is 0.394. The zero-order valence-electron chi connectivity index (χ0n) is 12.5. The maximum atomic E-state index is 12.3. The van der Waals surface area contributed by atoms with Gasteiger partial charge in [-0.2, -0.15) is 0 Å². The fourth-order valence-corrected chi connectivity index (χ4v) is 3.39.